The molecule has 4 N–H and O–H groups in total. The van der Waals surface area contributed by atoms with Gasteiger partial charge in [0.05, 0.1) is 15.9 Å². The van der Waals surface area contributed by atoms with Crippen molar-refractivity contribution in [1.29, 1.82) is 0 Å². The first kappa shape index (κ1) is 20.8. The molecule has 0 aliphatic heterocycles. The lowest BCUT2D eigenvalue weighted by Crippen LogP contribution is -2.44. The molecule has 3 aromatic rings. The fraction of sp³-hybridized carbons (Fsp3) is 0.300. The van der Waals surface area contributed by atoms with Crippen LogP contribution in [0.25, 0.3) is 11.0 Å². The van der Waals surface area contributed by atoms with Crippen LogP contribution < -0.4 is 15.7 Å². The van der Waals surface area contributed by atoms with Gasteiger partial charge in [0, 0.05) is 5.69 Å². The fourth-order valence-corrected chi connectivity index (χ4v) is 4.20. The molecule has 0 saturated carbocycles. The highest BCUT2D eigenvalue weighted by Gasteiger charge is 2.26. The van der Waals surface area contributed by atoms with Crippen LogP contribution in [0.2, 0.25) is 0 Å². The van der Waals surface area contributed by atoms with Crippen LogP contribution in [0.5, 0.6) is 0 Å². The van der Waals surface area contributed by atoms with E-state index in [4.69, 9.17) is 0 Å². The molecular weight excluding hydrogens is 392 g/mol. The van der Waals surface area contributed by atoms with Gasteiger partial charge in [0.1, 0.15) is 6.04 Å². The van der Waals surface area contributed by atoms with Crippen LogP contribution in [-0.4, -0.2) is 30.3 Å². The van der Waals surface area contributed by atoms with Crippen molar-refractivity contribution in [3.8, 4) is 0 Å². The number of rotatable bonds is 7. The number of hydrogen-bond donors (Lipinski definition) is 4. The molecule has 0 radical (unpaired) electrons. The SMILES string of the molecule is Cc1ccc(S(=O)(=O)N[C@H](CC(C)C)C(=O)Nc2ccc3[nH]c(=O)[nH]c3c2)cc1. The van der Waals surface area contributed by atoms with Gasteiger partial charge >= 0.3 is 5.69 Å². The number of carbonyl (C=O) groups excluding carboxylic acids is 1. The lowest BCUT2D eigenvalue weighted by molar-refractivity contribution is -0.118. The minimum absolute atomic E-state index is 0.0926. The standard InChI is InChI=1S/C20H24N4O4S/c1-12(2)10-18(24-29(27,28)15-7-4-13(3)5-8-15)19(25)21-14-6-9-16-17(11-14)23-20(26)22-16/h4-9,11-12,18,24H,10H2,1-3H3,(H,21,25)(H2,22,23,26)/t18-/m1/s1. The number of nitrogens with one attached hydrogen (secondary N) is 4. The third kappa shape index (κ3) is 5.12. The molecule has 0 aliphatic carbocycles. The molecule has 0 saturated heterocycles. The minimum Gasteiger partial charge on any atom is -0.325 e. The molecule has 2 aromatic carbocycles. The Kier molecular flexibility index (Phi) is 5.90. The van der Waals surface area contributed by atoms with E-state index >= 15 is 0 Å². The molecular formula is C20H24N4O4S. The predicted molar refractivity (Wildman–Crippen MR) is 112 cm³/mol. The third-order valence-electron chi connectivity index (χ3n) is 4.44. The van der Waals surface area contributed by atoms with Crippen molar-refractivity contribution >= 4 is 32.7 Å². The maximum atomic E-state index is 12.8. The highest BCUT2D eigenvalue weighted by Crippen LogP contribution is 2.17. The molecule has 1 atom stereocenters. The van der Waals surface area contributed by atoms with E-state index in [1.165, 1.54) is 12.1 Å². The first-order valence-corrected chi connectivity index (χ1v) is 10.7. The van der Waals surface area contributed by atoms with E-state index in [2.05, 4.69) is 20.0 Å². The van der Waals surface area contributed by atoms with Gasteiger partial charge in [-0.3, -0.25) is 4.79 Å². The van der Waals surface area contributed by atoms with Crippen LogP contribution in [0, 0.1) is 12.8 Å². The number of sulfonamides is 1. The molecule has 0 bridgehead atoms. The van der Waals surface area contributed by atoms with Gasteiger partial charge < -0.3 is 15.3 Å². The summed E-state index contributed by atoms with van der Waals surface area (Å²) in [5, 5.41) is 2.73. The first-order chi connectivity index (χ1) is 13.6. The monoisotopic (exact) mass is 416 g/mol. The maximum absolute atomic E-state index is 12.8. The predicted octanol–water partition coefficient (Wildman–Crippen LogP) is 2.50. The zero-order valence-corrected chi connectivity index (χ0v) is 17.3. The van der Waals surface area contributed by atoms with Gasteiger partial charge in [-0.05, 0) is 49.6 Å². The normalized spacial score (nSPS) is 13.0. The number of imidazole rings is 1. The third-order valence-corrected chi connectivity index (χ3v) is 5.92. The summed E-state index contributed by atoms with van der Waals surface area (Å²) in [4.78, 5) is 29.6. The number of fused-ring (bicyclic) bond motifs is 1. The van der Waals surface area contributed by atoms with E-state index in [0.29, 0.717) is 23.1 Å². The van der Waals surface area contributed by atoms with Gasteiger partial charge in [-0.2, -0.15) is 4.72 Å². The summed E-state index contributed by atoms with van der Waals surface area (Å²) in [6.45, 7) is 5.70. The molecule has 0 fully saturated rings. The second kappa shape index (κ2) is 8.22. The largest absolute Gasteiger partial charge is 0.325 e. The molecule has 9 heteroatoms. The number of aromatic nitrogens is 2. The molecule has 8 nitrogen and oxygen atoms in total. The van der Waals surface area contributed by atoms with Crippen LogP contribution in [0.15, 0.2) is 52.2 Å². The summed E-state index contributed by atoms with van der Waals surface area (Å²) in [5.41, 5.74) is 2.23. The molecule has 29 heavy (non-hydrogen) atoms. The van der Waals surface area contributed by atoms with Crippen molar-refractivity contribution in [3.63, 3.8) is 0 Å². The summed E-state index contributed by atoms with van der Waals surface area (Å²) >= 11 is 0. The quantitative estimate of drug-likeness (QED) is 0.472. The van der Waals surface area contributed by atoms with Crippen molar-refractivity contribution in [1.82, 2.24) is 14.7 Å². The summed E-state index contributed by atoms with van der Waals surface area (Å²) in [7, 11) is -3.85. The molecule has 0 spiro atoms. The van der Waals surface area contributed by atoms with E-state index < -0.39 is 22.0 Å². The lowest BCUT2D eigenvalue weighted by atomic mass is 10.0. The Hall–Kier alpha value is -2.91. The van der Waals surface area contributed by atoms with Crippen molar-refractivity contribution in [2.75, 3.05) is 5.32 Å². The average Bonchev–Trinajstić information content (AvgIpc) is 3.00. The Morgan fingerprint density at radius 3 is 2.34 bits per heavy atom. The topological polar surface area (TPSA) is 124 Å². The molecule has 3 rings (SSSR count). The minimum atomic E-state index is -3.85. The number of anilines is 1. The Balaban J connectivity index is 1.81. The van der Waals surface area contributed by atoms with Crippen molar-refractivity contribution in [3.05, 3.63) is 58.5 Å². The Morgan fingerprint density at radius 2 is 1.69 bits per heavy atom. The zero-order valence-electron chi connectivity index (χ0n) is 16.4. The average molecular weight is 417 g/mol. The number of amides is 1. The van der Waals surface area contributed by atoms with Crippen LogP contribution in [0.4, 0.5) is 5.69 Å². The van der Waals surface area contributed by atoms with Crippen LogP contribution >= 0.6 is 0 Å². The van der Waals surface area contributed by atoms with Crippen LogP contribution in [-0.2, 0) is 14.8 Å². The Bertz CT molecular complexity index is 1180. The Morgan fingerprint density at radius 1 is 1.03 bits per heavy atom. The zero-order chi connectivity index (χ0) is 21.2. The van der Waals surface area contributed by atoms with E-state index in [1.54, 1.807) is 30.3 Å². The number of carbonyl (C=O) groups is 1. The van der Waals surface area contributed by atoms with Gasteiger partial charge in [-0.1, -0.05) is 31.5 Å². The van der Waals surface area contributed by atoms with E-state index in [9.17, 15) is 18.0 Å². The van der Waals surface area contributed by atoms with Gasteiger partial charge in [0.25, 0.3) is 0 Å². The molecule has 0 aliphatic rings. The number of aromatic amines is 2. The molecule has 154 valence electrons. The van der Waals surface area contributed by atoms with Crippen LogP contribution in [0.3, 0.4) is 0 Å². The van der Waals surface area contributed by atoms with Crippen molar-refractivity contribution < 1.29 is 13.2 Å². The van der Waals surface area contributed by atoms with Crippen molar-refractivity contribution in [2.24, 2.45) is 5.92 Å². The number of hydrogen-bond acceptors (Lipinski definition) is 4. The molecule has 1 amide bonds. The van der Waals surface area contributed by atoms with E-state index in [1.807, 2.05) is 20.8 Å². The van der Waals surface area contributed by atoms with Crippen LogP contribution in [0.1, 0.15) is 25.8 Å². The fourth-order valence-electron chi connectivity index (χ4n) is 2.99. The first-order valence-electron chi connectivity index (χ1n) is 9.26. The molecule has 0 unspecified atom stereocenters. The smallest absolute Gasteiger partial charge is 0.323 e. The maximum Gasteiger partial charge on any atom is 0.323 e. The van der Waals surface area contributed by atoms with E-state index in [0.717, 1.165) is 5.56 Å². The molecule has 1 aromatic heterocycles. The second-order valence-corrected chi connectivity index (χ2v) is 9.16. The highest BCUT2D eigenvalue weighted by molar-refractivity contribution is 7.89. The second-order valence-electron chi connectivity index (χ2n) is 7.45. The van der Waals surface area contributed by atoms with Gasteiger partial charge in [-0.15, -0.1) is 0 Å². The number of aryl methyl sites for hydroxylation is 1. The van der Waals surface area contributed by atoms with Gasteiger partial charge in [0.2, 0.25) is 15.9 Å². The molecule has 1 heterocycles. The summed E-state index contributed by atoms with van der Waals surface area (Å²) in [5.74, 6) is -0.374. The van der Waals surface area contributed by atoms with Crippen molar-refractivity contribution in [2.45, 2.75) is 38.1 Å². The van der Waals surface area contributed by atoms with Gasteiger partial charge in [0.15, 0.2) is 0 Å². The lowest BCUT2D eigenvalue weighted by Gasteiger charge is -2.20. The Labute approximate surface area is 168 Å². The number of benzene rings is 2. The summed E-state index contributed by atoms with van der Waals surface area (Å²) in [6.07, 6.45) is 0.333. The summed E-state index contributed by atoms with van der Waals surface area (Å²) in [6, 6.07) is 10.4. The van der Waals surface area contributed by atoms with E-state index in [-0.39, 0.29) is 16.5 Å². The highest BCUT2D eigenvalue weighted by atomic mass is 32.2. The summed E-state index contributed by atoms with van der Waals surface area (Å²) < 4.78 is 28.0. The number of H-pyrrole nitrogens is 2. The van der Waals surface area contributed by atoms with Gasteiger partial charge in [-0.25, -0.2) is 13.2 Å².